The SMILES string of the molecule is CN(CCC(=O)NC(=O)Nc1ccc2c(c1)OCCO2)Cc1ccc2c(c1)OCO2. The van der Waals surface area contributed by atoms with Crippen LogP contribution in [-0.2, 0) is 11.3 Å². The van der Waals surface area contributed by atoms with E-state index in [9.17, 15) is 9.59 Å². The molecular formula is C21H23N3O6. The monoisotopic (exact) mass is 413 g/mol. The molecule has 0 saturated carbocycles. The van der Waals surface area contributed by atoms with Gasteiger partial charge in [-0.25, -0.2) is 4.79 Å². The zero-order valence-electron chi connectivity index (χ0n) is 16.6. The molecule has 0 saturated heterocycles. The molecule has 0 fully saturated rings. The first-order valence-electron chi connectivity index (χ1n) is 9.64. The Balaban J connectivity index is 1.21. The summed E-state index contributed by atoms with van der Waals surface area (Å²) in [6.07, 6.45) is 0.190. The van der Waals surface area contributed by atoms with E-state index in [-0.39, 0.29) is 19.1 Å². The van der Waals surface area contributed by atoms with Crippen molar-refractivity contribution in [2.24, 2.45) is 0 Å². The third-order valence-electron chi connectivity index (χ3n) is 4.66. The summed E-state index contributed by atoms with van der Waals surface area (Å²) >= 11 is 0. The predicted octanol–water partition coefficient (Wildman–Crippen LogP) is 2.36. The van der Waals surface area contributed by atoms with Gasteiger partial charge in [-0.05, 0) is 36.9 Å². The molecule has 0 unspecified atom stereocenters. The lowest BCUT2D eigenvalue weighted by Crippen LogP contribution is -2.36. The molecule has 0 aliphatic carbocycles. The predicted molar refractivity (Wildman–Crippen MR) is 108 cm³/mol. The first-order valence-corrected chi connectivity index (χ1v) is 9.64. The number of carbonyl (C=O) groups excluding carboxylic acids is 2. The van der Waals surface area contributed by atoms with Crippen molar-refractivity contribution >= 4 is 17.6 Å². The molecule has 9 nitrogen and oxygen atoms in total. The van der Waals surface area contributed by atoms with E-state index < -0.39 is 6.03 Å². The van der Waals surface area contributed by atoms with Gasteiger partial charge in [-0.2, -0.15) is 0 Å². The molecule has 2 N–H and O–H groups in total. The molecular weight excluding hydrogens is 390 g/mol. The Bertz CT molecular complexity index is 948. The van der Waals surface area contributed by atoms with Crippen molar-refractivity contribution < 1.29 is 28.5 Å². The molecule has 9 heteroatoms. The second-order valence-corrected chi connectivity index (χ2v) is 7.04. The minimum atomic E-state index is -0.588. The Kier molecular flexibility index (Phi) is 5.89. The van der Waals surface area contributed by atoms with Gasteiger partial charge in [0.15, 0.2) is 23.0 Å². The van der Waals surface area contributed by atoms with Crippen LogP contribution < -0.4 is 29.6 Å². The van der Waals surface area contributed by atoms with Gasteiger partial charge in [0.05, 0.1) is 0 Å². The van der Waals surface area contributed by atoms with E-state index in [0.29, 0.717) is 43.5 Å². The van der Waals surface area contributed by atoms with Gasteiger partial charge in [0, 0.05) is 31.3 Å². The van der Waals surface area contributed by atoms with E-state index in [4.69, 9.17) is 18.9 Å². The fraction of sp³-hybridized carbons (Fsp3) is 0.333. The summed E-state index contributed by atoms with van der Waals surface area (Å²) in [4.78, 5) is 26.2. The molecule has 0 bridgehead atoms. The number of ether oxygens (including phenoxy) is 4. The van der Waals surface area contributed by atoms with E-state index >= 15 is 0 Å². The number of benzene rings is 2. The van der Waals surface area contributed by atoms with Gasteiger partial charge in [-0.1, -0.05) is 6.07 Å². The van der Waals surface area contributed by atoms with Crippen LogP contribution in [0.25, 0.3) is 0 Å². The van der Waals surface area contributed by atoms with Gasteiger partial charge in [0.25, 0.3) is 0 Å². The summed E-state index contributed by atoms with van der Waals surface area (Å²) in [5.74, 6) is 2.31. The van der Waals surface area contributed by atoms with Crippen molar-refractivity contribution in [3.8, 4) is 23.0 Å². The van der Waals surface area contributed by atoms with Gasteiger partial charge >= 0.3 is 6.03 Å². The number of anilines is 1. The van der Waals surface area contributed by atoms with Gasteiger partial charge < -0.3 is 29.2 Å². The fourth-order valence-corrected chi connectivity index (χ4v) is 3.20. The lowest BCUT2D eigenvalue weighted by atomic mass is 10.2. The van der Waals surface area contributed by atoms with Crippen LogP contribution >= 0.6 is 0 Å². The Labute approximate surface area is 173 Å². The normalized spacial score (nSPS) is 13.8. The summed E-state index contributed by atoms with van der Waals surface area (Å²) in [6.45, 7) is 2.34. The highest BCUT2D eigenvalue weighted by atomic mass is 16.7. The third kappa shape index (κ3) is 4.93. The Morgan fingerprint density at radius 3 is 2.50 bits per heavy atom. The van der Waals surface area contributed by atoms with E-state index in [1.165, 1.54) is 0 Å². The number of carbonyl (C=O) groups is 2. The first-order chi connectivity index (χ1) is 14.6. The van der Waals surface area contributed by atoms with Crippen molar-refractivity contribution in [1.29, 1.82) is 0 Å². The zero-order valence-corrected chi connectivity index (χ0v) is 16.6. The number of amides is 3. The van der Waals surface area contributed by atoms with Crippen LogP contribution in [0.15, 0.2) is 36.4 Å². The highest BCUT2D eigenvalue weighted by Gasteiger charge is 2.16. The van der Waals surface area contributed by atoms with E-state index in [0.717, 1.165) is 17.1 Å². The maximum Gasteiger partial charge on any atom is 0.325 e. The number of urea groups is 1. The number of rotatable bonds is 6. The molecule has 2 heterocycles. The number of fused-ring (bicyclic) bond motifs is 2. The Hall–Kier alpha value is -3.46. The smallest absolute Gasteiger partial charge is 0.325 e. The topological polar surface area (TPSA) is 98.4 Å². The molecule has 0 spiro atoms. The van der Waals surface area contributed by atoms with E-state index in [1.807, 2.05) is 30.1 Å². The molecule has 2 aliphatic rings. The molecule has 3 amide bonds. The van der Waals surface area contributed by atoms with Crippen molar-refractivity contribution in [3.63, 3.8) is 0 Å². The maximum atomic E-state index is 12.1. The number of nitrogens with zero attached hydrogens (tertiary/aromatic N) is 1. The van der Waals surface area contributed by atoms with Gasteiger partial charge in [0.1, 0.15) is 13.2 Å². The number of hydrogen-bond donors (Lipinski definition) is 2. The lowest BCUT2D eigenvalue weighted by molar-refractivity contribution is -0.120. The molecule has 30 heavy (non-hydrogen) atoms. The summed E-state index contributed by atoms with van der Waals surface area (Å²) in [5, 5.41) is 4.97. The molecule has 4 rings (SSSR count). The minimum Gasteiger partial charge on any atom is -0.486 e. The first kappa shape index (κ1) is 19.8. The average Bonchev–Trinajstić information content (AvgIpc) is 3.20. The molecule has 158 valence electrons. The van der Waals surface area contributed by atoms with Crippen molar-refractivity contribution in [2.45, 2.75) is 13.0 Å². The molecule has 0 radical (unpaired) electrons. The number of hydrogen-bond acceptors (Lipinski definition) is 7. The van der Waals surface area contributed by atoms with E-state index in [2.05, 4.69) is 10.6 Å². The fourth-order valence-electron chi connectivity index (χ4n) is 3.20. The summed E-state index contributed by atoms with van der Waals surface area (Å²) in [5.41, 5.74) is 1.57. The van der Waals surface area contributed by atoms with Crippen LogP contribution in [-0.4, -0.2) is 50.4 Å². The van der Waals surface area contributed by atoms with Crippen LogP contribution in [0.3, 0.4) is 0 Å². The standard InChI is InChI=1S/C21H23N3O6/c1-24(12-14-2-4-17-18(10-14)30-13-29-17)7-6-20(25)23-21(26)22-15-3-5-16-19(11-15)28-9-8-27-16/h2-5,10-11H,6-9,12-13H2,1H3,(H2,22,23,25,26). The van der Waals surface area contributed by atoms with Gasteiger partial charge in [-0.15, -0.1) is 0 Å². The third-order valence-corrected chi connectivity index (χ3v) is 4.66. The van der Waals surface area contributed by atoms with Crippen molar-refractivity contribution in [2.75, 3.05) is 38.9 Å². The minimum absolute atomic E-state index is 0.190. The van der Waals surface area contributed by atoms with Crippen LogP contribution in [0, 0.1) is 0 Å². The van der Waals surface area contributed by atoms with Crippen LogP contribution in [0.2, 0.25) is 0 Å². The highest BCUT2D eigenvalue weighted by Crippen LogP contribution is 2.33. The van der Waals surface area contributed by atoms with Crippen molar-refractivity contribution in [3.05, 3.63) is 42.0 Å². The van der Waals surface area contributed by atoms with Crippen LogP contribution in [0.1, 0.15) is 12.0 Å². The van der Waals surface area contributed by atoms with Crippen molar-refractivity contribution in [1.82, 2.24) is 10.2 Å². The number of nitrogens with one attached hydrogen (secondary N) is 2. The van der Waals surface area contributed by atoms with Gasteiger partial charge in [-0.3, -0.25) is 10.1 Å². The lowest BCUT2D eigenvalue weighted by Gasteiger charge is -2.19. The molecule has 0 aromatic heterocycles. The highest BCUT2D eigenvalue weighted by molar-refractivity contribution is 6.01. The Morgan fingerprint density at radius 2 is 1.63 bits per heavy atom. The number of imide groups is 1. The quantitative estimate of drug-likeness (QED) is 0.750. The zero-order chi connectivity index (χ0) is 20.9. The second kappa shape index (κ2) is 8.91. The summed E-state index contributed by atoms with van der Waals surface area (Å²) in [6, 6.07) is 10.3. The second-order valence-electron chi connectivity index (χ2n) is 7.04. The van der Waals surface area contributed by atoms with E-state index in [1.54, 1.807) is 18.2 Å². The largest absolute Gasteiger partial charge is 0.486 e. The summed E-state index contributed by atoms with van der Waals surface area (Å²) < 4.78 is 21.6. The average molecular weight is 413 g/mol. The maximum absolute atomic E-state index is 12.1. The summed E-state index contributed by atoms with van der Waals surface area (Å²) in [7, 11) is 1.91. The molecule has 2 aromatic rings. The Morgan fingerprint density at radius 1 is 0.933 bits per heavy atom. The van der Waals surface area contributed by atoms with Crippen LogP contribution in [0.4, 0.5) is 10.5 Å². The molecule has 0 atom stereocenters. The van der Waals surface area contributed by atoms with Crippen LogP contribution in [0.5, 0.6) is 23.0 Å². The molecule has 2 aliphatic heterocycles. The van der Waals surface area contributed by atoms with Gasteiger partial charge in [0.2, 0.25) is 12.7 Å². The molecule has 2 aromatic carbocycles.